The molecule has 186 valence electrons. The van der Waals surface area contributed by atoms with Crippen LogP contribution in [0.1, 0.15) is 0 Å². The van der Waals surface area contributed by atoms with Crippen molar-refractivity contribution in [1.82, 2.24) is 4.57 Å². The lowest BCUT2D eigenvalue weighted by Crippen LogP contribution is -2.74. The van der Waals surface area contributed by atoms with Crippen LogP contribution in [-0.2, 0) is 0 Å². The van der Waals surface area contributed by atoms with Gasteiger partial charge in [0.1, 0.15) is 0 Å². The van der Waals surface area contributed by atoms with Crippen molar-refractivity contribution < 1.29 is 0 Å². The number of hydrogen-bond donors (Lipinski definition) is 0. The van der Waals surface area contributed by atoms with Crippen LogP contribution in [0, 0.1) is 3.57 Å². The molecule has 0 saturated heterocycles. The van der Waals surface area contributed by atoms with Gasteiger partial charge in [0.2, 0.25) is 0 Å². The van der Waals surface area contributed by atoms with E-state index in [0.717, 1.165) is 0 Å². The fraction of sp³-hybridized carbons (Fsp3) is 0. The third kappa shape index (κ3) is 3.88. The Morgan fingerprint density at radius 2 is 0.821 bits per heavy atom. The van der Waals surface area contributed by atoms with Crippen molar-refractivity contribution in [3.05, 3.63) is 161 Å². The van der Waals surface area contributed by atoms with E-state index < -0.39 is 8.07 Å². The molecule has 0 bridgehead atoms. The van der Waals surface area contributed by atoms with Gasteiger partial charge < -0.3 is 4.57 Å². The Bertz CT molecular complexity index is 1760. The molecule has 1 heterocycles. The SMILES string of the molecule is Ic1ccc([Si](c2ccccc2)(c2ccccc2)c2ccccc2)cc1-n1c2ccccc2c2ccccc21. The zero-order valence-corrected chi connectivity index (χ0v) is 24.5. The first-order chi connectivity index (χ1) is 19.3. The summed E-state index contributed by atoms with van der Waals surface area (Å²) in [6, 6.07) is 58.1. The van der Waals surface area contributed by atoms with Gasteiger partial charge in [0.05, 0.1) is 16.7 Å². The second-order valence-electron chi connectivity index (χ2n) is 9.88. The van der Waals surface area contributed by atoms with E-state index in [-0.39, 0.29) is 0 Å². The van der Waals surface area contributed by atoms with Crippen LogP contribution in [0.3, 0.4) is 0 Å². The number of benzene rings is 6. The number of para-hydroxylation sites is 2. The molecule has 6 aromatic carbocycles. The van der Waals surface area contributed by atoms with Gasteiger partial charge >= 0.3 is 0 Å². The summed E-state index contributed by atoms with van der Waals surface area (Å²) < 4.78 is 3.69. The molecule has 0 aliphatic heterocycles. The van der Waals surface area contributed by atoms with Crippen LogP contribution in [0.5, 0.6) is 0 Å². The molecule has 1 nitrogen and oxygen atoms in total. The summed E-state index contributed by atoms with van der Waals surface area (Å²) in [5.74, 6) is 0. The van der Waals surface area contributed by atoms with Crippen LogP contribution in [-0.4, -0.2) is 12.6 Å². The second kappa shape index (κ2) is 9.99. The zero-order valence-electron chi connectivity index (χ0n) is 21.3. The Morgan fingerprint density at radius 3 is 1.28 bits per heavy atom. The van der Waals surface area contributed by atoms with Gasteiger partial charge in [0.15, 0.2) is 8.07 Å². The Balaban J connectivity index is 1.60. The smallest absolute Gasteiger partial charge is 0.179 e. The van der Waals surface area contributed by atoms with Crippen LogP contribution in [0.4, 0.5) is 0 Å². The fourth-order valence-electron chi connectivity index (χ4n) is 6.16. The van der Waals surface area contributed by atoms with E-state index in [1.165, 1.54) is 51.8 Å². The van der Waals surface area contributed by atoms with E-state index in [0.29, 0.717) is 0 Å². The van der Waals surface area contributed by atoms with E-state index >= 15 is 0 Å². The predicted octanol–water partition coefficient (Wildman–Crippen LogP) is 6.77. The molecule has 0 spiro atoms. The molecule has 0 radical (unpaired) electrons. The van der Waals surface area contributed by atoms with Gasteiger partial charge in [-0.2, -0.15) is 0 Å². The Kier molecular flexibility index (Phi) is 6.18. The molecule has 0 unspecified atom stereocenters. The van der Waals surface area contributed by atoms with Crippen LogP contribution in [0.25, 0.3) is 27.5 Å². The van der Waals surface area contributed by atoms with Gasteiger partial charge in [-0.05, 0) is 67.6 Å². The number of halogens is 1. The highest BCUT2D eigenvalue weighted by atomic mass is 127. The van der Waals surface area contributed by atoms with Crippen molar-refractivity contribution in [2.45, 2.75) is 0 Å². The fourth-order valence-corrected chi connectivity index (χ4v) is 11.5. The first kappa shape index (κ1) is 24.1. The average molecular weight is 628 g/mol. The third-order valence-corrected chi connectivity index (χ3v) is 13.5. The summed E-state index contributed by atoms with van der Waals surface area (Å²) >= 11 is 2.51. The van der Waals surface area contributed by atoms with Gasteiger partial charge in [0, 0.05) is 14.3 Å². The molecule has 3 heteroatoms. The summed E-state index contributed by atoms with van der Waals surface area (Å²) in [4.78, 5) is 0. The standard InChI is InChI=1S/C36H26INSi/c37-33-25-24-30(26-36(33)38-34-22-12-10-20-31(34)32-21-11-13-23-35(32)38)39(27-14-4-1-5-15-27,28-16-6-2-7-17-28)29-18-8-3-9-19-29/h1-26H. The topological polar surface area (TPSA) is 4.93 Å². The summed E-state index contributed by atoms with van der Waals surface area (Å²) in [7, 11) is -2.62. The van der Waals surface area contributed by atoms with Crippen molar-refractivity contribution in [2.24, 2.45) is 0 Å². The molecule has 0 aliphatic rings. The molecule has 0 N–H and O–H groups in total. The van der Waals surface area contributed by atoms with E-state index in [2.05, 4.69) is 185 Å². The number of hydrogen-bond acceptors (Lipinski definition) is 0. The van der Waals surface area contributed by atoms with Crippen LogP contribution < -0.4 is 20.7 Å². The minimum Gasteiger partial charge on any atom is -0.308 e. The van der Waals surface area contributed by atoms with Gasteiger partial charge in [-0.15, -0.1) is 0 Å². The Morgan fingerprint density at radius 1 is 0.410 bits per heavy atom. The van der Waals surface area contributed by atoms with Gasteiger partial charge in [-0.3, -0.25) is 0 Å². The minimum atomic E-state index is -2.62. The molecule has 39 heavy (non-hydrogen) atoms. The Hall–Kier alpha value is -3.93. The highest BCUT2D eigenvalue weighted by Gasteiger charge is 2.41. The molecule has 7 aromatic rings. The van der Waals surface area contributed by atoms with Crippen molar-refractivity contribution in [2.75, 3.05) is 0 Å². The predicted molar refractivity (Wildman–Crippen MR) is 177 cm³/mol. The maximum atomic E-state index is 2.51. The molecule has 0 atom stereocenters. The lowest BCUT2D eigenvalue weighted by Gasteiger charge is -2.35. The molecule has 0 amide bonds. The van der Waals surface area contributed by atoms with Crippen molar-refractivity contribution >= 4 is 73.2 Å². The lowest BCUT2D eigenvalue weighted by molar-refractivity contribution is 1.17. The maximum absolute atomic E-state index is 2.62. The lowest BCUT2D eigenvalue weighted by atomic mass is 10.2. The molecule has 1 aromatic heterocycles. The normalized spacial score (nSPS) is 11.7. The summed E-state index contributed by atoms with van der Waals surface area (Å²) in [6.45, 7) is 0. The summed E-state index contributed by atoms with van der Waals surface area (Å²) in [5.41, 5.74) is 3.70. The van der Waals surface area contributed by atoms with E-state index in [1.54, 1.807) is 0 Å². The molecule has 0 saturated carbocycles. The minimum absolute atomic E-state index is 1.23. The summed E-state index contributed by atoms with van der Waals surface area (Å²) in [5, 5.41) is 8.10. The number of fused-ring (bicyclic) bond motifs is 3. The number of aromatic nitrogens is 1. The van der Waals surface area contributed by atoms with Gasteiger partial charge in [-0.1, -0.05) is 133 Å². The van der Waals surface area contributed by atoms with Crippen LogP contribution in [0.15, 0.2) is 158 Å². The maximum Gasteiger partial charge on any atom is 0.179 e. The third-order valence-electron chi connectivity index (χ3n) is 7.82. The van der Waals surface area contributed by atoms with Crippen molar-refractivity contribution in [3.63, 3.8) is 0 Å². The molecule has 7 rings (SSSR count). The molecule has 0 aliphatic carbocycles. The molecular formula is C36H26INSi. The number of nitrogens with zero attached hydrogens (tertiary/aromatic N) is 1. The van der Waals surface area contributed by atoms with Gasteiger partial charge in [0.25, 0.3) is 0 Å². The quantitative estimate of drug-likeness (QED) is 0.113. The van der Waals surface area contributed by atoms with Crippen LogP contribution >= 0.6 is 22.6 Å². The highest BCUT2D eigenvalue weighted by Crippen LogP contribution is 2.33. The highest BCUT2D eigenvalue weighted by molar-refractivity contribution is 14.1. The van der Waals surface area contributed by atoms with Gasteiger partial charge in [-0.25, -0.2) is 0 Å². The zero-order chi connectivity index (χ0) is 26.2. The van der Waals surface area contributed by atoms with E-state index in [1.807, 2.05) is 0 Å². The second-order valence-corrected chi connectivity index (χ2v) is 14.9. The Labute approximate surface area is 243 Å². The summed E-state index contributed by atoms with van der Waals surface area (Å²) in [6.07, 6.45) is 0. The van der Waals surface area contributed by atoms with Crippen molar-refractivity contribution in [3.8, 4) is 5.69 Å². The molecular weight excluding hydrogens is 601 g/mol. The first-order valence-corrected chi connectivity index (χ1v) is 16.3. The monoisotopic (exact) mass is 627 g/mol. The van der Waals surface area contributed by atoms with E-state index in [4.69, 9.17) is 0 Å². The first-order valence-electron chi connectivity index (χ1n) is 13.2. The van der Waals surface area contributed by atoms with Crippen molar-refractivity contribution in [1.29, 1.82) is 0 Å². The van der Waals surface area contributed by atoms with E-state index in [9.17, 15) is 0 Å². The average Bonchev–Trinajstić information content (AvgIpc) is 3.34. The molecule has 0 fully saturated rings. The number of rotatable bonds is 5. The van der Waals surface area contributed by atoms with Crippen LogP contribution in [0.2, 0.25) is 0 Å². The largest absolute Gasteiger partial charge is 0.308 e.